The molecule has 0 aliphatic heterocycles. The van der Waals surface area contributed by atoms with Gasteiger partial charge in [0.15, 0.2) is 0 Å². The maximum absolute atomic E-state index is 12.9. The van der Waals surface area contributed by atoms with E-state index in [1.165, 1.54) is 12.1 Å². The van der Waals surface area contributed by atoms with Crippen LogP contribution in [0, 0.1) is 5.82 Å². The number of rotatable bonds is 2. The summed E-state index contributed by atoms with van der Waals surface area (Å²) < 4.78 is 12.9. The van der Waals surface area contributed by atoms with Crippen molar-refractivity contribution in [1.82, 2.24) is 15.4 Å². The number of H-pyrrole nitrogens is 1. The Kier molecular flexibility index (Phi) is 2.92. The minimum atomic E-state index is -0.593. The van der Waals surface area contributed by atoms with Crippen LogP contribution in [0.3, 0.4) is 0 Å². The second-order valence-corrected chi connectivity index (χ2v) is 4.27. The number of hydrogen-bond donors (Lipinski definition) is 3. The number of nitrogens with one attached hydrogen (secondary N) is 2. The molecular weight excluding hydrogens is 261 g/mol. The van der Waals surface area contributed by atoms with Crippen LogP contribution in [0.5, 0.6) is 0 Å². The van der Waals surface area contributed by atoms with Gasteiger partial charge in [-0.05, 0) is 42.5 Å². The minimum absolute atomic E-state index is 0.313. The minimum Gasteiger partial charge on any atom is -0.338 e. The first-order valence-electron chi connectivity index (χ1n) is 5.87. The Balaban J connectivity index is 2.06. The molecule has 0 bridgehead atoms. The van der Waals surface area contributed by atoms with Crippen LogP contribution >= 0.6 is 0 Å². The second kappa shape index (κ2) is 4.75. The summed E-state index contributed by atoms with van der Waals surface area (Å²) in [6.07, 6.45) is 0. The van der Waals surface area contributed by atoms with Crippen molar-refractivity contribution < 1.29 is 14.4 Å². The summed E-state index contributed by atoms with van der Waals surface area (Å²) in [5.41, 5.74) is 3.97. The number of carbonyl (C=O) groups excluding carboxylic acids is 1. The molecule has 100 valence electrons. The summed E-state index contributed by atoms with van der Waals surface area (Å²) in [5, 5.41) is 8.61. The first-order chi connectivity index (χ1) is 9.67. The highest BCUT2D eigenvalue weighted by Crippen LogP contribution is 2.21. The standard InChI is InChI=1S/C14H10FN3O2/c15-10-4-1-8(2-5-10)13-16-11-6-3-9(14(19)18-20)7-12(11)17-13/h1-7,20H,(H,16,17)(H,18,19). The number of aromatic amines is 1. The predicted molar refractivity (Wildman–Crippen MR) is 70.7 cm³/mol. The summed E-state index contributed by atoms with van der Waals surface area (Å²) >= 11 is 0. The molecule has 1 heterocycles. The SMILES string of the molecule is O=C(NO)c1ccc2nc(-c3ccc(F)cc3)[nH]c2c1. The molecule has 0 aliphatic rings. The Morgan fingerprint density at radius 2 is 1.95 bits per heavy atom. The molecule has 3 N–H and O–H groups in total. The predicted octanol–water partition coefficient (Wildman–Crippen LogP) is 2.49. The Morgan fingerprint density at radius 1 is 1.20 bits per heavy atom. The monoisotopic (exact) mass is 271 g/mol. The zero-order chi connectivity index (χ0) is 14.1. The zero-order valence-electron chi connectivity index (χ0n) is 10.2. The average molecular weight is 271 g/mol. The van der Waals surface area contributed by atoms with Gasteiger partial charge in [-0.25, -0.2) is 14.9 Å². The summed E-state index contributed by atoms with van der Waals surface area (Å²) in [5.74, 6) is -0.321. The number of hydroxylamine groups is 1. The zero-order valence-corrected chi connectivity index (χ0v) is 10.2. The number of hydrogen-bond acceptors (Lipinski definition) is 3. The molecule has 5 nitrogen and oxygen atoms in total. The van der Waals surface area contributed by atoms with E-state index >= 15 is 0 Å². The molecule has 1 aromatic heterocycles. The second-order valence-electron chi connectivity index (χ2n) is 4.27. The number of nitrogens with zero attached hydrogens (tertiary/aromatic N) is 1. The van der Waals surface area contributed by atoms with Crippen LogP contribution in [0.25, 0.3) is 22.4 Å². The third-order valence-corrected chi connectivity index (χ3v) is 2.96. The van der Waals surface area contributed by atoms with Crippen molar-refractivity contribution in [2.24, 2.45) is 0 Å². The van der Waals surface area contributed by atoms with E-state index in [9.17, 15) is 9.18 Å². The van der Waals surface area contributed by atoms with Gasteiger partial charge in [0, 0.05) is 11.1 Å². The lowest BCUT2D eigenvalue weighted by molar-refractivity contribution is 0.0706. The van der Waals surface area contributed by atoms with E-state index in [4.69, 9.17) is 5.21 Å². The van der Waals surface area contributed by atoms with Crippen molar-refractivity contribution in [3.8, 4) is 11.4 Å². The molecule has 0 unspecified atom stereocenters. The molecule has 3 rings (SSSR count). The van der Waals surface area contributed by atoms with Crippen LogP contribution in [-0.2, 0) is 0 Å². The van der Waals surface area contributed by atoms with Crippen molar-refractivity contribution in [3.63, 3.8) is 0 Å². The Morgan fingerprint density at radius 3 is 2.65 bits per heavy atom. The van der Waals surface area contributed by atoms with Crippen molar-refractivity contribution >= 4 is 16.9 Å². The van der Waals surface area contributed by atoms with E-state index in [1.54, 1.807) is 35.8 Å². The van der Waals surface area contributed by atoms with Crippen LogP contribution in [-0.4, -0.2) is 21.1 Å². The smallest absolute Gasteiger partial charge is 0.274 e. The number of aromatic nitrogens is 2. The first-order valence-corrected chi connectivity index (χ1v) is 5.87. The number of fused-ring (bicyclic) bond motifs is 1. The van der Waals surface area contributed by atoms with E-state index in [2.05, 4.69) is 9.97 Å². The van der Waals surface area contributed by atoms with Gasteiger partial charge in [0.1, 0.15) is 11.6 Å². The highest BCUT2D eigenvalue weighted by atomic mass is 19.1. The molecule has 2 aromatic carbocycles. The molecule has 1 amide bonds. The molecule has 0 saturated carbocycles. The maximum Gasteiger partial charge on any atom is 0.274 e. The van der Waals surface area contributed by atoms with Gasteiger partial charge in [0.2, 0.25) is 0 Å². The number of imidazole rings is 1. The van der Waals surface area contributed by atoms with Gasteiger partial charge < -0.3 is 4.98 Å². The Labute approximate surface area is 113 Å². The molecule has 0 aliphatic carbocycles. The van der Waals surface area contributed by atoms with Crippen molar-refractivity contribution in [2.45, 2.75) is 0 Å². The summed E-state index contributed by atoms with van der Waals surface area (Å²) in [6.45, 7) is 0. The number of benzene rings is 2. The highest BCUT2D eigenvalue weighted by Gasteiger charge is 2.09. The van der Waals surface area contributed by atoms with Crippen LogP contribution in [0.2, 0.25) is 0 Å². The van der Waals surface area contributed by atoms with Gasteiger partial charge in [-0.1, -0.05) is 0 Å². The normalized spacial score (nSPS) is 10.7. The van der Waals surface area contributed by atoms with Crippen LogP contribution in [0.1, 0.15) is 10.4 Å². The molecule has 0 fully saturated rings. The van der Waals surface area contributed by atoms with Crippen molar-refractivity contribution in [1.29, 1.82) is 0 Å². The summed E-state index contributed by atoms with van der Waals surface area (Å²) in [4.78, 5) is 18.8. The fraction of sp³-hybridized carbons (Fsp3) is 0. The Hall–Kier alpha value is -2.73. The molecule has 3 aromatic rings. The van der Waals surface area contributed by atoms with Crippen LogP contribution in [0.4, 0.5) is 4.39 Å². The number of halogens is 1. The summed E-state index contributed by atoms with van der Waals surface area (Å²) in [7, 11) is 0. The van der Waals surface area contributed by atoms with Gasteiger partial charge in [-0.3, -0.25) is 10.0 Å². The molecule has 0 atom stereocenters. The highest BCUT2D eigenvalue weighted by molar-refractivity contribution is 5.97. The van der Waals surface area contributed by atoms with Crippen LogP contribution < -0.4 is 5.48 Å². The third-order valence-electron chi connectivity index (χ3n) is 2.96. The molecule has 0 saturated heterocycles. The average Bonchev–Trinajstić information content (AvgIpc) is 2.90. The largest absolute Gasteiger partial charge is 0.338 e. The van der Waals surface area contributed by atoms with Gasteiger partial charge in [-0.15, -0.1) is 0 Å². The molecule has 6 heteroatoms. The number of amides is 1. The molecular formula is C14H10FN3O2. The number of carbonyl (C=O) groups is 1. The fourth-order valence-corrected chi connectivity index (χ4v) is 1.96. The molecule has 0 radical (unpaired) electrons. The lowest BCUT2D eigenvalue weighted by atomic mass is 10.2. The molecule has 0 spiro atoms. The van der Waals surface area contributed by atoms with E-state index in [-0.39, 0.29) is 5.82 Å². The van der Waals surface area contributed by atoms with Crippen molar-refractivity contribution in [3.05, 3.63) is 53.8 Å². The van der Waals surface area contributed by atoms with Crippen LogP contribution in [0.15, 0.2) is 42.5 Å². The van der Waals surface area contributed by atoms with Gasteiger partial charge in [0.25, 0.3) is 5.91 Å². The lowest BCUT2D eigenvalue weighted by Gasteiger charge is -1.97. The van der Waals surface area contributed by atoms with Gasteiger partial charge in [0.05, 0.1) is 11.0 Å². The maximum atomic E-state index is 12.9. The fourth-order valence-electron chi connectivity index (χ4n) is 1.96. The van der Waals surface area contributed by atoms with E-state index in [1.807, 2.05) is 0 Å². The van der Waals surface area contributed by atoms with Gasteiger partial charge >= 0.3 is 0 Å². The quantitative estimate of drug-likeness (QED) is 0.495. The van der Waals surface area contributed by atoms with E-state index in [0.29, 0.717) is 22.4 Å². The lowest BCUT2D eigenvalue weighted by Crippen LogP contribution is -2.18. The van der Waals surface area contributed by atoms with Gasteiger partial charge in [-0.2, -0.15) is 0 Å². The summed E-state index contributed by atoms with van der Waals surface area (Å²) in [6, 6.07) is 10.8. The third kappa shape index (κ3) is 2.12. The molecule has 20 heavy (non-hydrogen) atoms. The Bertz CT molecular complexity index is 781. The topological polar surface area (TPSA) is 78.0 Å². The van der Waals surface area contributed by atoms with Crippen molar-refractivity contribution in [2.75, 3.05) is 0 Å². The van der Waals surface area contributed by atoms with E-state index < -0.39 is 5.91 Å². The first kappa shape index (κ1) is 12.3. The van der Waals surface area contributed by atoms with E-state index in [0.717, 1.165) is 5.56 Å².